The van der Waals surface area contributed by atoms with Crippen molar-refractivity contribution in [2.24, 2.45) is 0 Å². The van der Waals surface area contributed by atoms with Gasteiger partial charge in [-0.15, -0.1) is 0 Å². The molecule has 4 nitrogen and oxygen atoms in total. The van der Waals surface area contributed by atoms with E-state index < -0.39 is 6.61 Å². The monoisotopic (exact) mass is 334 g/mol. The summed E-state index contributed by atoms with van der Waals surface area (Å²) in [7, 11) is 0. The number of halogens is 2. The highest BCUT2D eigenvalue weighted by Gasteiger charge is 2.14. The summed E-state index contributed by atoms with van der Waals surface area (Å²) in [5, 5.41) is 9.22. The minimum Gasteiger partial charge on any atom is -0.508 e. The average molecular weight is 334 g/mol. The fourth-order valence-electron chi connectivity index (χ4n) is 2.04. The van der Waals surface area contributed by atoms with E-state index in [9.17, 15) is 18.7 Å². The zero-order valence-electron chi connectivity index (χ0n) is 12.9. The molecule has 2 rings (SSSR count). The fraction of sp³-hybridized carbons (Fsp3) is 0.167. The van der Waals surface area contributed by atoms with E-state index in [2.05, 4.69) is 4.74 Å². The summed E-state index contributed by atoms with van der Waals surface area (Å²) >= 11 is 0. The summed E-state index contributed by atoms with van der Waals surface area (Å²) in [5.74, 6) is -0.228. The maximum Gasteiger partial charge on any atom is 0.387 e. The van der Waals surface area contributed by atoms with Gasteiger partial charge < -0.3 is 14.6 Å². The molecular formula is C18H16F2O4. The third kappa shape index (κ3) is 4.55. The lowest BCUT2D eigenvalue weighted by Gasteiger charge is -2.13. The van der Waals surface area contributed by atoms with Gasteiger partial charge in [-0.05, 0) is 49.4 Å². The highest BCUT2D eigenvalue weighted by atomic mass is 19.3. The predicted octanol–water partition coefficient (Wildman–Crippen LogP) is 4.29. The van der Waals surface area contributed by atoms with Crippen molar-refractivity contribution < 1.29 is 28.2 Å². The molecule has 0 aliphatic heterocycles. The van der Waals surface area contributed by atoms with E-state index in [1.54, 1.807) is 19.1 Å². The number of ether oxygens (including phenoxy) is 2. The van der Waals surface area contributed by atoms with Crippen LogP contribution in [0.15, 0.2) is 48.5 Å². The number of aromatic hydroxyl groups is 1. The molecule has 0 aliphatic carbocycles. The number of allylic oxidation sites excluding steroid dienone is 1. The maximum absolute atomic E-state index is 12.6. The molecule has 0 heterocycles. The van der Waals surface area contributed by atoms with Gasteiger partial charge in [-0.3, -0.25) is 4.79 Å². The van der Waals surface area contributed by atoms with Crippen molar-refractivity contribution in [3.8, 4) is 17.2 Å². The third-order valence-electron chi connectivity index (χ3n) is 3.08. The van der Waals surface area contributed by atoms with Gasteiger partial charge in [0.05, 0.1) is 6.61 Å². The topological polar surface area (TPSA) is 55.8 Å². The third-order valence-corrected chi connectivity index (χ3v) is 3.08. The first-order chi connectivity index (χ1) is 11.5. The summed E-state index contributed by atoms with van der Waals surface area (Å²) in [6, 6.07) is 10.4. The van der Waals surface area contributed by atoms with Gasteiger partial charge >= 0.3 is 6.61 Å². The van der Waals surface area contributed by atoms with Crippen LogP contribution in [-0.2, 0) is 0 Å². The molecule has 2 aromatic carbocycles. The van der Waals surface area contributed by atoms with E-state index in [4.69, 9.17) is 4.74 Å². The average Bonchev–Trinajstić information content (AvgIpc) is 2.55. The van der Waals surface area contributed by atoms with E-state index in [0.717, 1.165) is 0 Å². The van der Waals surface area contributed by atoms with Crippen LogP contribution in [0.5, 0.6) is 17.2 Å². The Bertz CT molecular complexity index is 724. The second-order valence-electron chi connectivity index (χ2n) is 4.73. The largest absolute Gasteiger partial charge is 0.508 e. The number of alkyl halides is 2. The number of phenols is 1. The lowest BCUT2D eigenvalue weighted by molar-refractivity contribution is -0.0515. The van der Waals surface area contributed by atoms with Crippen LogP contribution < -0.4 is 9.47 Å². The van der Waals surface area contributed by atoms with Crippen LogP contribution in [0, 0.1) is 0 Å². The summed E-state index contributed by atoms with van der Waals surface area (Å²) in [4.78, 5) is 12.1. The summed E-state index contributed by atoms with van der Waals surface area (Å²) in [6.45, 7) is -0.992. The Labute approximate surface area is 138 Å². The number of ketones is 1. The number of benzene rings is 2. The van der Waals surface area contributed by atoms with Crippen LogP contribution in [0.4, 0.5) is 8.78 Å². The lowest BCUT2D eigenvalue weighted by atomic mass is 10.1. The van der Waals surface area contributed by atoms with Gasteiger partial charge in [0.1, 0.15) is 5.75 Å². The summed E-state index contributed by atoms with van der Waals surface area (Å²) < 4.78 is 35.1. The van der Waals surface area contributed by atoms with E-state index in [1.807, 2.05) is 0 Å². The van der Waals surface area contributed by atoms with E-state index in [-0.39, 0.29) is 23.0 Å². The van der Waals surface area contributed by atoms with Crippen LogP contribution in [0.25, 0.3) is 6.08 Å². The molecule has 0 aromatic heterocycles. The Morgan fingerprint density at radius 3 is 2.54 bits per heavy atom. The molecule has 0 aliphatic rings. The molecule has 0 saturated heterocycles. The van der Waals surface area contributed by atoms with Crippen LogP contribution in [0.3, 0.4) is 0 Å². The Kier molecular flexibility index (Phi) is 5.89. The number of hydrogen-bond acceptors (Lipinski definition) is 4. The smallest absolute Gasteiger partial charge is 0.387 e. The second-order valence-corrected chi connectivity index (χ2v) is 4.73. The molecule has 24 heavy (non-hydrogen) atoms. The fourth-order valence-corrected chi connectivity index (χ4v) is 2.04. The SMILES string of the molecule is CCOc1cccc(/C=C/C(=O)c2ccc(O)cc2)c1OC(F)F. The number of phenolic OH excluding ortho intramolecular Hbond substituents is 1. The summed E-state index contributed by atoms with van der Waals surface area (Å²) in [6.07, 6.45) is 2.63. The molecule has 0 fully saturated rings. The number of rotatable bonds is 7. The first-order valence-corrected chi connectivity index (χ1v) is 7.23. The highest BCUT2D eigenvalue weighted by Crippen LogP contribution is 2.33. The van der Waals surface area contributed by atoms with Crippen LogP contribution in [-0.4, -0.2) is 24.1 Å². The van der Waals surface area contributed by atoms with Crippen LogP contribution in [0.1, 0.15) is 22.8 Å². The van der Waals surface area contributed by atoms with Gasteiger partial charge in [-0.2, -0.15) is 8.78 Å². The molecule has 6 heteroatoms. The molecule has 0 atom stereocenters. The minimum absolute atomic E-state index is 0.0487. The zero-order chi connectivity index (χ0) is 17.5. The quantitative estimate of drug-likeness (QED) is 0.606. The molecular weight excluding hydrogens is 318 g/mol. The molecule has 126 valence electrons. The van der Waals surface area contributed by atoms with Gasteiger partial charge in [0.25, 0.3) is 0 Å². The van der Waals surface area contributed by atoms with Crippen molar-refractivity contribution in [2.45, 2.75) is 13.5 Å². The van der Waals surface area contributed by atoms with Gasteiger partial charge in [0.2, 0.25) is 0 Å². The number of carbonyl (C=O) groups excluding carboxylic acids is 1. The Balaban J connectivity index is 2.28. The van der Waals surface area contributed by atoms with E-state index >= 15 is 0 Å². The molecule has 1 N–H and O–H groups in total. The lowest BCUT2D eigenvalue weighted by Crippen LogP contribution is -2.06. The summed E-state index contributed by atoms with van der Waals surface area (Å²) in [5.41, 5.74) is 0.662. The molecule has 0 unspecified atom stereocenters. The van der Waals surface area contributed by atoms with Crippen molar-refractivity contribution in [3.63, 3.8) is 0 Å². The number of hydrogen-bond donors (Lipinski definition) is 1. The standard InChI is InChI=1S/C18H16F2O4/c1-2-23-16-5-3-4-13(17(16)24-18(19)20)8-11-15(22)12-6-9-14(21)10-7-12/h3-11,18,21H,2H2,1H3/b11-8+. The Hall–Kier alpha value is -2.89. The molecule has 0 amide bonds. The van der Waals surface area contributed by atoms with Gasteiger partial charge in [-0.1, -0.05) is 12.1 Å². The number of carbonyl (C=O) groups is 1. The highest BCUT2D eigenvalue weighted by molar-refractivity contribution is 6.07. The maximum atomic E-state index is 12.6. The molecule has 0 bridgehead atoms. The normalized spacial score (nSPS) is 11.0. The van der Waals surface area contributed by atoms with E-state index in [0.29, 0.717) is 17.7 Å². The van der Waals surface area contributed by atoms with Crippen molar-refractivity contribution in [1.82, 2.24) is 0 Å². The Morgan fingerprint density at radius 1 is 1.21 bits per heavy atom. The van der Waals surface area contributed by atoms with Crippen molar-refractivity contribution in [3.05, 3.63) is 59.7 Å². The number of para-hydroxylation sites is 1. The molecule has 0 spiro atoms. The van der Waals surface area contributed by atoms with Crippen molar-refractivity contribution in [2.75, 3.05) is 6.61 Å². The van der Waals surface area contributed by atoms with Gasteiger partial charge in [0, 0.05) is 11.1 Å². The second kappa shape index (κ2) is 8.10. The molecule has 0 radical (unpaired) electrons. The first kappa shape index (κ1) is 17.5. The predicted molar refractivity (Wildman–Crippen MR) is 85.7 cm³/mol. The van der Waals surface area contributed by atoms with Gasteiger partial charge in [-0.25, -0.2) is 0 Å². The van der Waals surface area contributed by atoms with E-state index in [1.165, 1.54) is 42.5 Å². The zero-order valence-corrected chi connectivity index (χ0v) is 12.9. The first-order valence-electron chi connectivity index (χ1n) is 7.23. The van der Waals surface area contributed by atoms with Crippen LogP contribution in [0.2, 0.25) is 0 Å². The van der Waals surface area contributed by atoms with Crippen molar-refractivity contribution >= 4 is 11.9 Å². The Morgan fingerprint density at radius 2 is 1.92 bits per heavy atom. The van der Waals surface area contributed by atoms with Crippen LogP contribution >= 0.6 is 0 Å². The molecule has 2 aromatic rings. The van der Waals surface area contributed by atoms with Gasteiger partial charge in [0.15, 0.2) is 17.3 Å². The molecule has 0 saturated carbocycles. The van der Waals surface area contributed by atoms with Crippen molar-refractivity contribution in [1.29, 1.82) is 0 Å². The minimum atomic E-state index is -3.01.